The number of hydrogen-bond acceptors (Lipinski definition) is 3. The predicted octanol–water partition coefficient (Wildman–Crippen LogP) is 2.56. The summed E-state index contributed by atoms with van der Waals surface area (Å²) >= 11 is 0. The Morgan fingerprint density at radius 2 is 1.82 bits per heavy atom. The van der Waals surface area contributed by atoms with E-state index in [1.165, 1.54) is 32.1 Å². The van der Waals surface area contributed by atoms with E-state index in [0.29, 0.717) is 18.8 Å². The van der Waals surface area contributed by atoms with Gasteiger partial charge in [0.2, 0.25) is 0 Å². The molecule has 0 atom stereocenters. The van der Waals surface area contributed by atoms with Gasteiger partial charge in [-0.1, -0.05) is 31.4 Å². The fraction of sp³-hybridized carbons (Fsp3) is 0.571. The van der Waals surface area contributed by atoms with E-state index < -0.39 is 0 Å². The monoisotopic (exact) mass is 234 g/mol. The van der Waals surface area contributed by atoms with Crippen LogP contribution in [0.2, 0.25) is 0 Å². The molecule has 3 heteroatoms. The minimum absolute atomic E-state index is 0.167. The van der Waals surface area contributed by atoms with E-state index in [2.05, 4.69) is 0 Å². The maximum Gasteiger partial charge on any atom is 0.142 e. The second kappa shape index (κ2) is 5.41. The summed E-state index contributed by atoms with van der Waals surface area (Å²) in [5.74, 6) is 0.783. The highest BCUT2D eigenvalue weighted by Gasteiger charge is 2.31. The molecule has 1 aliphatic rings. The lowest BCUT2D eigenvalue weighted by atomic mass is 9.75. The van der Waals surface area contributed by atoms with Crippen molar-refractivity contribution < 1.29 is 4.74 Å². The van der Waals surface area contributed by atoms with E-state index in [-0.39, 0.29) is 5.41 Å². The lowest BCUT2D eigenvalue weighted by Gasteiger charge is -2.35. The molecule has 0 spiro atoms. The summed E-state index contributed by atoms with van der Waals surface area (Å²) in [5, 5.41) is 0. The molecule has 1 aromatic rings. The summed E-state index contributed by atoms with van der Waals surface area (Å²) in [6.07, 6.45) is 6.22. The Hall–Kier alpha value is -1.22. The lowest BCUT2D eigenvalue weighted by Crippen LogP contribution is -2.38. The topological polar surface area (TPSA) is 61.3 Å². The van der Waals surface area contributed by atoms with Crippen molar-refractivity contribution in [2.24, 2.45) is 11.1 Å². The van der Waals surface area contributed by atoms with Gasteiger partial charge in [0, 0.05) is 12.0 Å². The Morgan fingerprint density at radius 1 is 1.12 bits per heavy atom. The van der Waals surface area contributed by atoms with Gasteiger partial charge in [-0.15, -0.1) is 0 Å². The first kappa shape index (κ1) is 12.2. The Kier molecular flexibility index (Phi) is 3.89. The third-order valence-electron chi connectivity index (χ3n) is 3.80. The maximum atomic E-state index is 5.93. The minimum atomic E-state index is 0.167. The third-order valence-corrected chi connectivity index (χ3v) is 3.80. The zero-order chi connectivity index (χ0) is 12.1. The number of para-hydroxylation sites is 2. The molecule has 1 saturated carbocycles. The number of nitrogens with two attached hydrogens (primary N) is 2. The number of hydrogen-bond donors (Lipinski definition) is 2. The van der Waals surface area contributed by atoms with Crippen molar-refractivity contribution in [2.45, 2.75) is 32.1 Å². The number of anilines is 1. The van der Waals surface area contributed by atoms with Crippen molar-refractivity contribution >= 4 is 5.69 Å². The Balaban J connectivity index is 1.98. The van der Waals surface area contributed by atoms with Crippen LogP contribution in [0.4, 0.5) is 5.69 Å². The first-order valence-electron chi connectivity index (χ1n) is 6.43. The molecule has 17 heavy (non-hydrogen) atoms. The van der Waals surface area contributed by atoms with Crippen LogP contribution in [0.1, 0.15) is 32.1 Å². The zero-order valence-electron chi connectivity index (χ0n) is 10.3. The standard InChI is InChI=1S/C14H22N2O/c15-10-14(8-4-1-5-9-14)11-17-13-7-3-2-6-12(13)16/h2-3,6-7H,1,4-5,8-11,15-16H2. The van der Waals surface area contributed by atoms with Gasteiger partial charge >= 0.3 is 0 Å². The van der Waals surface area contributed by atoms with Crippen LogP contribution in [0.25, 0.3) is 0 Å². The second-order valence-corrected chi connectivity index (χ2v) is 5.09. The molecular formula is C14H22N2O. The van der Waals surface area contributed by atoms with Gasteiger partial charge in [0.05, 0.1) is 12.3 Å². The molecule has 1 aliphatic carbocycles. The second-order valence-electron chi connectivity index (χ2n) is 5.09. The van der Waals surface area contributed by atoms with Crippen LogP contribution >= 0.6 is 0 Å². The molecule has 94 valence electrons. The summed E-state index contributed by atoms with van der Waals surface area (Å²) in [6.45, 7) is 1.40. The maximum absolute atomic E-state index is 5.93. The average molecular weight is 234 g/mol. The first-order valence-corrected chi connectivity index (χ1v) is 6.43. The van der Waals surface area contributed by atoms with E-state index in [1.807, 2.05) is 24.3 Å². The Bertz CT molecular complexity index is 359. The molecular weight excluding hydrogens is 212 g/mol. The predicted molar refractivity (Wildman–Crippen MR) is 70.9 cm³/mol. The molecule has 4 N–H and O–H groups in total. The van der Waals surface area contributed by atoms with Crippen LogP contribution in [-0.4, -0.2) is 13.2 Å². The molecule has 0 heterocycles. The normalized spacial score (nSPS) is 18.9. The van der Waals surface area contributed by atoms with Crippen molar-refractivity contribution in [1.29, 1.82) is 0 Å². The van der Waals surface area contributed by atoms with Crippen LogP contribution in [-0.2, 0) is 0 Å². The lowest BCUT2D eigenvalue weighted by molar-refractivity contribution is 0.106. The van der Waals surface area contributed by atoms with E-state index in [9.17, 15) is 0 Å². The first-order chi connectivity index (χ1) is 8.26. The molecule has 0 aliphatic heterocycles. The van der Waals surface area contributed by atoms with E-state index in [4.69, 9.17) is 16.2 Å². The highest BCUT2D eigenvalue weighted by Crippen LogP contribution is 2.36. The van der Waals surface area contributed by atoms with Gasteiger partial charge in [-0.25, -0.2) is 0 Å². The highest BCUT2D eigenvalue weighted by atomic mass is 16.5. The van der Waals surface area contributed by atoms with Crippen LogP contribution in [0.15, 0.2) is 24.3 Å². The summed E-state index contributed by atoms with van der Waals surface area (Å²) < 4.78 is 5.87. The van der Waals surface area contributed by atoms with E-state index in [1.54, 1.807) is 0 Å². The summed E-state index contributed by atoms with van der Waals surface area (Å²) in [6, 6.07) is 7.65. The fourth-order valence-electron chi connectivity index (χ4n) is 2.55. The van der Waals surface area contributed by atoms with Gasteiger partial charge in [0.15, 0.2) is 0 Å². The van der Waals surface area contributed by atoms with Gasteiger partial charge < -0.3 is 16.2 Å². The number of ether oxygens (including phenoxy) is 1. The van der Waals surface area contributed by atoms with Crippen molar-refractivity contribution in [3.05, 3.63) is 24.3 Å². The molecule has 2 rings (SSSR count). The van der Waals surface area contributed by atoms with Crippen LogP contribution in [0.5, 0.6) is 5.75 Å². The molecule has 0 radical (unpaired) electrons. The Labute approximate surface area is 103 Å². The highest BCUT2D eigenvalue weighted by molar-refractivity contribution is 5.51. The Morgan fingerprint density at radius 3 is 2.47 bits per heavy atom. The number of rotatable bonds is 4. The molecule has 0 bridgehead atoms. The van der Waals surface area contributed by atoms with Crippen LogP contribution in [0, 0.1) is 5.41 Å². The average Bonchev–Trinajstić information content (AvgIpc) is 2.39. The van der Waals surface area contributed by atoms with Gasteiger partial charge in [-0.05, 0) is 25.0 Å². The zero-order valence-corrected chi connectivity index (χ0v) is 10.3. The fourth-order valence-corrected chi connectivity index (χ4v) is 2.55. The SMILES string of the molecule is NCC1(COc2ccccc2N)CCCCC1. The van der Waals surface area contributed by atoms with Crippen molar-refractivity contribution in [3.8, 4) is 5.75 Å². The molecule has 0 saturated heterocycles. The molecule has 0 aromatic heterocycles. The smallest absolute Gasteiger partial charge is 0.142 e. The summed E-state index contributed by atoms with van der Waals surface area (Å²) in [4.78, 5) is 0. The molecule has 1 aromatic carbocycles. The molecule has 1 fully saturated rings. The van der Waals surface area contributed by atoms with E-state index >= 15 is 0 Å². The summed E-state index contributed by atoms with van der Waals surface area (Å²) in [7, 11) is 0. The van der Waals surface area contributed by atoms with Gasteiger partial charge in [0.1, 0.15) is 5.75 Å². The number of nitrogen functional groups attached to an aromatic ring is 1. The van der Waals surface area contributed by atoms with E-state index in [0.717, 1.165) is 5.75 Å². The summed E-state index contributed by atoms with van der Waals surface area (Å²) in [5.41, 5.74) is 12.7. The molecule has 3 nitrogen and oxygen atoms in total. The number of benzene rings is 1. The molecule has 0 unspecified atom stereocenters. The van der Waals surface area contributed by atoms with Crippen LogP contribution < -0.4 is 16.2 Å². The minimum Gasteiger partial charge on any atom is -0.491 e. The largest absolute Gasteiger partial charge is 0.491 e. The van der Waals surface area contributed by atoms with Crippen molar-refractivity contribution in [3.63, 3.8) is 0 Å². The quantitative estimate of drug-likeness (QED) is 0.787. The van der Waals surface area contributed by atoms with Crippen LogP contribution in [0.3, 0.4) is 0 Å². The molecule has 0 amide bonds. The van der Waals surface area contributed by atoms with Crippen molar-refractivity contribution in [2.75, 3.05) is 18.9 Å². The van der Waals surface area contributed by atoms with Gasteiger partial charge in [-0.2, -0.15) is 0 Å². The third kappa shape index (κ3) is 2.91. The van der Waals surface area contributed by atoms with Crippen molar-refractivity contribution in [1.82, 2.24) is 0 Å². The van der Waals surface area contributed by atoms with Gasteiger partial charge in [0.25, 0.3) is 0 Å². The van der Waals surface area contributed by atoms with Gasteiger partial charge in [-0.3, -0.25) is 0 Å².